The molecule has 0 aliphatic heterocycles. The maximum atomic E-state index is 3.71. The van der Waals surface area contributed by atoms with Gasteiger partial charge in [0.2, 0.25) is 0 Å². The van der Waals surface area contributed by atoms with E-state index in [-0.39, 0.29) is 0 Å². The fourth-order valence-electron chi connectivity index (χ4n) is 0.980. The molecule has 0 aromatic rings. The van der Waals surface area contributed by atoms with Crippen molar-refractivity contribution in [1.82, 2.24) is 0 Å². The van der Waals surface area contributed by atoms with Crippen molar-refractivity contribution in [2.24, 2.45) is 5.92 Å². The Balaban J connectivity index is 3.77. The zero-order valence-corrected chi connectivity index (χ0v) is 10.5. The minimum Gasteiger partial charge on any atom is -0.132 e. The maximum absolute atomic E-state index is 3.71. The molecule has 0 rings (SSSR count). The molecule has 0 aromatic carbocycles. The molecular weight excluding hydrogens is 172 g/mol. The molecule has 1 atom stereocenters. The van der Waals surface area contributed by atoms with Crippen LogP contribution in [0.1, 0.15) is 26.2 Å². The Hall–Kier alpha value is -0.483. The van der Waals surface area contributed by atoms with E-state index in [1.54, 1.807) is 0 Å². The lowest BCUT2D eigenvalue weighted by Gasteiger charge is -2.06. The number of hydrogen-bond donors (Lipinski definition) is 0. The number of unbranched alkanes of at least 4 members (excludes halogenated alkanes) is 1. The molecule has 13 heavy (non-hydrogen) atoms. The summed E-state index contributed by atoms with van der Waals surface area (Å²) in [6, 6.07) is 0. The van der Waals surface area contributed by atoms with Crippen LogP contribution in [0.5, 0.6) is 0 Å². The van der Waals surface area contributed by atoms with Crippen molar-refractivity contribution in [3.63, 3.8) is 0 Å². The third-order valence-corrected chi connectivity index (χ3v) is 2.63. The van der Waals surface area contributed by atoms with E-state index in [9.17, 15) is 0 Å². The molecule has 1 unspecified atom stereocenters. The summed E-state index contributed by atoms with van der Waals surface area (Å²) in [4.78, 5) is 0. The van der Waals surface area contributed by atoms with E-state index in [1.807, 2.05) is 6.08 Å². The van der Waals surface area contributed by atoms with Crippen LogP contribution in [-0.4, -0.2) is 8.07 Å². The molecule has 0 bridgehead atoms. The van der Waals surface area contributed by atoms with Gasteiger partial charge >= 0.3 is 0 Å². The summed E-state index contributed by atoms with van der Waals surface area (Å²) in [6.07, 6.45) is 5.55. The molecule has 0 nitrogen and oxygen atoms in total. The first kappa shape index (κ1) is 12.5. The van der Waals surface area contributed by atoms with Gasteiger partial charge in [0.25, 0.3) is 0 Å². The van der Waals surface area contributed by atoms with Gasteiger partial charge in [0.15, 0.2) is 0 Å². The fourth-order valence-corrected chi connectivity index (χ4v) is 1.66. The summed E-state index contributed by atoms with van der Waals surface area (Å²) in [5.74, 6) is 3.92. The zero-order valence-electron chi connectivity index (χ0n) is 9.48. The zero-order chi connectivity index (χ0) is 10.3. The van der Waals surface area contributed by atoms with E-state index in [0.717, 1.165) is 6.42 Å². The molecule has 0 aromatic heterocycles. The first-order chi connectivity index (χ1) is 5.95. The third kappa shape index (κ3) is 9.43. The highest BCUT2D eigenvalue weighted by atomic mass is 28.3. The Morgan fingerprint density at radius 1 is 1.38 bits per heavy atom. The van der Waals surface area contributed by atoms with Gasteiger partial charge in [-0.1, -0.05) is 32.6 Å². The second-order valence-corrected chi connectivity index (χ2v) is 9.39. The van der Waals surface area contributed by atoms with Crippen molar-refractivity contribution in [3.8, 4) is 11.5 Å². The van der Waals surface area contributed by atoms with Crippen molar-refractivity contribution in [2.75, 3.05) is 0 Å². The molecular formula is C12H22Si. The van der Waals surface area contributed by atoms with E-state index in [4.69, 9.17) is 0 Å². The topological polar surface area (TPSA) is 0 Å². The van der Waals surface area contributed by atoms with E-state index < -0.39 is 8.07 Å². The molecule has 0 radical (unpaired) electrons. The largest absolute Gasteiger partial charge is 0.132 e. The Morgan fingerprint density at radius 3 is 2.46 bits per heavy atom. The van der Waals surface area contributed by atoms with Crippen LogP contribution in [0.15, 0.2) is 12.7 Å². The van der Waals surface area contributed by atoms with Gasteiger partial charge in [-0.3, -0.25) is 0 Å². The predicted octanol–water partition coefficient (Wildman–Crippen LogP) is 3.86. The SMILES string of the molecule is C=CCCCC(C)C#C[Si](C)(C)C. The van der Waals surface area contributed by atoms with Gasteiger partial charge in [0, 0.05) is 5.92 Å². The van der Waals surface area contributed by atoms with Crippen LogP contribution < -0.4 is 0 Å². The van der Waals surface area contributed by atoms with Gasteiger partial charge in [0.1, 0.15) is 8.07 Å². The average molecular weight is 194 g/mol. The molecule has 0 aliphatic carbocycles. The fraction of sp³-hybridized carbons (Fsp3) is 0.667. The van der Waals surface area contributed by atoms with Gasteiger partial charge in [-0.05, 0) is 19.3 Å². The van der Waals surface area contributed by atoms with Crippen molar-refractivity contribution < 1.29 is 0 Å². The normalized spacial score (nSPS) is 12.9. The highest BCUT2D eigenvalue weighted by Crippen LogP contribution is 2.07. The average Bonchev–Trinajstić information content (AvgIpc) is 2.00. The molecule has 0 heterocycles. The van der Waals surface area contributed by atoms with Crippen molar-refractivity contribution >= 4 is 8.07 Å². The van der Waals surface area contributed by atoms with Gasteiger partial charge in [-0.2, -0.15) is 0 Å². The van der Waals surface area contributed by atoms with E-state index in [1.165, 1.54) is 12.8 Å². The quantitative estimate of drug-likeness (QED) is 0.276. The lowest BCUT2D eigenvalue weighted by atomic mass is 10.1. The van der Waals surface area contributed by atoms with Crippen LogP contribution in [-0.2, 0) is 0 Å². The monoisotopic (exact) mass is 194 g/mol. The Morgan fingerprint density at radius 2 is 2.00 bits per heavy atom. The highest BCUT2D eigenvalue weighted by Gasteiger charge is 2.07. The summed E-state index contributed by atoms with van der Waals surface area (Å²) < 4.78 is 0. The molecule has 0 N–H and O–H groups in total. The summed E-state index contributed by atoms with van der Waals surface area (Å²) in [7, 11) is -1.15. The second kappa shape index (κ2) is 6.04. The minimum absolute atomic E-state index is 0.562. The van der Waals surface area contributed by atoms with Crippen LogP contribution in [0.3, 0.4) is 0 Å². The van der Waals surface area contributed by atoms with Gasteiger partial charge in [0.05, 0.1) is 0 Å². The molecule has 0 saturated heterocycles. The first-order valence-electron chi connectivity index (χ1n) is 5.09. The summed E-state index contributed by atoms with van der Waals surface area (Å²) >= 11 is 0. The molecule has 0 aliphatic rings. The molecule has 74 valence electrons. The molecule has 0 amide bonds. The van der Waals surface area contributed by atoms with E-state index >= 15 is 0 Å². The Labute approximate surface area is 84.4 Å². The number of hydrogen-bond acceptors (Lipinski definition) is 0. The van der Waals surface area contributed by atoms with Crippen LogP contribution in [0.2, 0.25) is 19.6 Å². The molecule has 0 fully saturated rings. The van der Waals surface area contributed by atoms with Gasteiger partial charge in [-0.15, -0.1) is 18.0 Å². The Kier molecular flexibility index (Phi) is 5.82. The van der Waals surface area contributed by atoms with Crippen LogP contribution in [0, 0.1) is 17.4 Å². The highest BCUT2D eigenvalue weighted by molar-refractivity contribution is 6.83. The third-order valence-electron chi connectivity index (χ3n) is 1.74. The van der Waals surface area contributed by atoms with Crippen LogP contribution in [0.4, 0.5) is 0 Å². The number of rotatable bonds is 4. The number of allylic oxidation sites excluding steroid dienone is 1. The Bertz CT molecular complexity index is 199. The molecule has 0 saturated carbocycles. The standard InChI is InChI=1S/C12H22Si/c1-6-7-8-9-12(2)10-11-13(3,4)5/h6,12H,1,7-9H2,2-5H3. The summed E-state index contributed by atoms with van der Waals surface area (Å²) in [5.41, 5.74) is 3.41. The second-order valence-electron chi connectivity index (χ2n) is 4.64. The molecule has 0 spiro atoms. The van der Waals surface area contributed by atoms with Gasteiger partial charge in [-0.25, -0.2) is 0 Å². The smallest absolute Gasteiger partial charge is 0.129 e. The summed E-state index contributed by atoms with van der Waals surface area (Å²) in [6.45, 7) is 12.8. The lowest BCUT2D eigenvalue weighted by molar-refractivity contribution is 0.629. The van der Waals surface area contributed by atoms with E-state index in [0.29, 0.717) is 5.92 Å². The van der Waals surface area contributed by atoms with Crippen molar-refractivity contribution in [2.45, 2.75) is 45.8 Å². The van der Waals surface area contributed by atoms with Crippen LogP contribution >= 0.6 is 0 Å². The predicted molar refractivity (Wildman–Crippen MR) is 64.3 cm³/mol. The van der Waals surface area contributed by atoms with Crippen molar-refractivity contribution in [3.05, 3.63) is 12.7 Å². The van der Waals surface area contributed by atoms with Crippen molar-refractivity contribution in [1.29, 1.82) is 0 Å². The maximum Gasteiger partial charge on any atom is 0.129 e. The van der Waals surface area contributed by atoms with Gasteiger partial charge < -0.3 is 0 Å². The van der Waals surface area contributed by atoms with Crippen LogP contribution in [0.25, 0.3) is 0 Å². The lowest BCUT2D eigenvalue weighted by Crippen LogP contribution is -2.16. The minimum atomic E-state index is -1.15. The van der Waals surface area contributed by atoms with E-state index in [2.05, 4.69) is 44.6 Å². The summed E-state index contributed by atoms with van der Waals surface area (Å²) in [5, 5.41) is 0. The molecule has 1 heteroatoms. The first-order valence-corrected chi connectivity index (χ1v) is 8.59.